The summed E-state index contributed by atoms with van der Waals surface area (Å²) < 4.78 is 5.10. The zero-order valence-corrected chi connectivity index (χ0v) is 11.3. The van der Waals surface area contributed by atoms with Crippen molar-refractivity contribution in [2.45, 2.75) is 6.42 Å². The number of imide groups is 1. The monoisotopic (exact) mass is 285 g/mol. The minimum atomic E-state index is -0.552. The normalized spacial score (nSPS) is 9.84. The number of nitrogens with two attached hydrogens (primary N) is 1. The molecule has 0 atom stereocenters. The van der Waals surface area contributed by atoms with Crippen molar-refractivity contribution in [1.29, 1.82) is 0 Å². The summed E-state index contributed by atoms with van der Waals surface area (Å²) in [6, 6.07) is 4.26. The molecule has 0 aliphatic heterocycles. The summed E-state index contributed by atoms with van der Waals surface area (Å²) in [5, 5.41) is 3.02. The lowest BCUT2D eigenvalue weighted by Gasteiger charge is -2.17. The molecule has 0 unspecified atom stereocenters. The number of anilines is 1. The molecule has 7 heteroatoms. The minimum Gasteiger partial charge on any atom is -0.495 e. The Hall–Kier alpha value is -1.79. The average molecular weight is 286 g/mol. The van der Waals surface area contributed by atoms with Crippen molar-refractivity contribution in [3.05, 3.63) is 23.2 Å². The van der Waals surface area contributed by atoms with Crippen LogP contribution >= 0.6 is 11.6 Å². The Kier molecular flexibility index (Phi) is 6.11. The van der Waals surface area contributed by atoms with Crippen molar-refractivity contribution in [3.63, 3.8) is 0 Å². The van der Waals surface area contributed by atoms with Gasteiger partial charge in [-0.05, 0) is 31.2 Å². The van der Waals surface area contributed by atoms with Gasteiger partial charge in [-0.15, -0.1) is 0 Å². The molecule has 6 nitrogen and oxygen atoms in total. The van der Waals surface area contributed by atoms with E-state index in [9.17, 15) is 9.59 Å². The summed E-state index contributed by atoms with van der Waals surface area (Å²) >= 11 is 5.85. The number of carbonyl (C=O) groups is 2. The van der Waals surface area contributed by atoms with Gasteiger partial charge in [0.2, 0.25) is 6.41 Å². The Morgan fingerprint density at radius 3 is 2.89 bits per heavy atom. The number of hydrogen-bond acceptors (Lipinski definition) is 4. The molecule has 0 aromatic heterocycles. The summed E-state index contributed by atoms with van der Waals surface area (Å²) in [5.74, 6) is 0.461. The third kappa shape index (κ3) is 4.42. The molecule has 1 aromatic carbocycles. The number of rotatable bonds is 6. The van der Waals surface area contributed by atoms with Crippen molar-refractivity contribution in [1.82, 2.24) is 4.90 Å². The van der Waals surface area contributed by atoms with Gasteiger partial charge in [0, 0.05) is 11.6 Å². The number of methoxy groups -OCH3 is 1. The van der Waals surface area contributed by atoms with Crippen molar-refractivity contribution in [2.75, 3.05) is 25.5 Å². The summed E-state index contributed by atoms with van der Waals surface area (Å²) in [7, 11) is 1.48. The Labute approximate surface area is 116 Å². The van der Waals surface area contributed by atoms with Gasteiger partial charge < -0.3 is 15.8 Å². The highest BCUT2D eigenvalue weighted by Crippen LogP contribution is 2.27. The lowest BCUT2D eigenvalue weighted by Crippen LogP contribution is -2.35. The topological polar surface area (TPSA) is 84.7 Å². The van der Waals surface area contributed by atoms with Crippen LogP contribution in [-0.4, -0.2) is 37.5 Å². The van der Waals surface area contributed by atoms with Crippen LogP contribution in [0.4, 0.5) is 10.5 Å². The molecule has 0 aliphatic rings. The lowest BCUT2D eigenvalue weighted by molar-refractivity contribution is -0.115. The van der Waals surface area contributed by atoms with Crippen LogP contribution in [-0.2, 0) is 4.79 Å². The second-order valence-corrected chi connectivity index (χ2v) is 4.15. The second kappa shape index (κ2) is 7.60. The first-order chi connectivity index (χ1) is 9.12. The van der Waals surface area contributed by atoms with Gasteiger partial charge in [-0.2, -0.15) is 0 Å². The number of amides is 3. The molecule has 0 fully saturated rings. The summed E-state index contributed by atoms with van der Waals surface area (Å²) in [5.41, 5.74) is 5.74. The van der Waals surface area contributed by atoms with Crippen molar-refractivity contribution >= 4 is 29.7 Å². The highest BCUT2D eigenvalue weighted by molar-refractivity contribution is 6.31. The maximum atomic E-state index is 11.9. The van der Waals surface area contributed by atoms with Gasteiger partial charge in [0.15, 0.2) is 0 Å². The van der Waals surface area contributed by atoms with Gasteiger partial charge in [0.1, 0.15) is 5.75 Å². The van der Waals surface area contributed by atoms with Gasteiger partial charge in [-0.1, -0.05) is 11.6 Å². The number of ether oxygens (including phenoxy) is 1. The molecule has 0 heterocycles. The van der Waals surface area contributed by atoms with Crippen LogP contribution in [0.2, 0.25) is 5.02 Å². The first-order valence-corrected chi connectivity index (χ1v) is 6.06. The third-order valence-corrected chi connectivity index (χ3v) is 2.63. The van der Waals surface area contributed by atoms with Crippen molar-refractivity contribution in [3.8, 4) is 5.75 Å². The fraction of sp³-hybridized carbons (Fsp3) is 0.333. The number of urea groups is 1. The Balaban J connectivity index is 2.79. The summed E-state index contributed by atoms with van der Waals surface area (Å²) in [6.07, 6.45) is 1.00. The van der Waals surface area contributed by atoms with Gasteiger partial charge in [0.25, 0.3) is 0 Å². The zero-order chi connectivity index (χ0) is 14.3. The number of nitrogens with zero attached hydrogens (tertiary/aromatic N) is 1. The Morgan fingerprint density at radius 2 is 2.32 bits per heavy atom. The summed E-state index contributed by atoms with van der Waals surface area (Å²) in [6.45, 7) is 0.660. The molecule has 19 heavy (non-hydrogen) atoms. The molecule has 3 N–H and O–H groups in total. The van der Waals surface area contributed by atoms with E-state index in [0.717, 1.165) is 4.90 Å². The van der Waals surface area contributed by atoms with Crippen LogP contribution in [0.3, 0.4) is 0 Å². The largest absolute Gasteiger partial charge is 0.495 e. The molecule has 1 rings (SSSR count). The maximum absolute atomic E-state index is 11.9. The number of nitrogens with one attached hydrogen (secondary N) is 1. The molecule has 0 saturated heterocycles. The number of hydrogen-bond donors (Lipinski definition) is 2. The van der Waals surface area contributed by atoms with E-state index in [1.807, 2.05) is 0 Å². The summed E-state index contributed by atoms with van der Waals surface area (Å²) in [4.78, 5) is 23.7. The smallest absolute Gasteiger partial charge is 0.328 e. The molecule has 0 spiro atoms. The fourth-order valence-electron chi connectivity index (χ4n) is 1.43. The molecule has 0 aliphatic carbocycles. The lowest BCUT2D eigenvalue weighted by atomic mass is 10.3. The maximum Gasteiger partial charge on any atom is 0.328 e. The van der Waals surface area contributed by atoms with E-state index in [2.05, 4.69) is 5.32 Å². The van der Waals surface area contributed by atoms with E-state index < -0.39 is 6.03 Å². The van der Waals surface area contributed by atoms with Crippen LogP contribution in [0.1, 0.15) is 6.42 Å². The van der Waals surface area contributed by atoms with Gasteiger partial charge in [0.05, 0.1) is 12.8 Å². The first kappa shape index (κ1) is 15.3. The molecule has 0 saturated carbocycles. The van der Waals surface area contributed by atoms with Gasteiger partial charge in [-0.3, -0.25) is 9.69 Å². The van der Waals surface area contributed by atoms with E-state index in [-0.39, 0.29) is 6.54 Å². The van der Waals surface area contributed by atoms with Crippen LogP contribution in [0, 0.1) is 0 Å². The molecule has 0 bridgehead atoms. The molecular formula is C12H16ClN3O3. The van der Waals surface area contributed by atoms with E-state index >= 15 is 0 Å². The van der Waals surface area contributed by atoms with E-state index in [0.29, 0.717) is 35.8 Å². The highest BCUT2D eigenvalue weighted by atomic mass is 35.5. The van der Waals surface area contributed by atoms with Crippen LogP contribution in [0.25, 0.3) is 0 Å². The van der Waals surface area contributed by atoms with E-state index in [1.54, 1.807) is 18.2 Å². The number of benzene rings is 1. The Morgan fingerprint density at radius 1 is 1.58 bits per heavy atom. The zero-order valence-electron chi connectivity index (χ0n) is 10.6. The molecule has 104 valence electrons. The quantitative estimate of drug-likeness (QED) is 0.779. The second-order valence-electron chi connectivity index (χ2n) is 3.72. The van der Waals surface area contributed by atoms with Crippen LogP contribution < -0.4 is 15.8 Å². The SMILES string of the molecule is COc1ccc(Cl)cc1NC(=O)N(C=O)CCCN. The predicted octanol–water partition coefficient (Wildman–Crippen LogP) is 1.69. The van der Waals surface area contributed by atoms with Crippen molar-refractivity contribution in [2.24, 2.45) is 5.73 Å². The standard InChI is InChI=1S/C12H16ClN3O3/c1-19-11-4-3-9(13)7-10(11)15-12(18)16(8-17)6-2-5-14/h3-4,7-8H,2,5-6,14H2,1H3,(H,15,18). The predicted molar refractivity (Wildman–Crippen MR) is 73.5 cm³/mol. The van der Waals surface area contributed by atoms with Crippen LogP contribution in [0.15, 0.2) is 18.2 Å². The molecule has 1 aromatic rings. The van der Waals surface area contributed by atoms with E-state index in [1.165, 1.54) is 7.11 Å². The van der Waals surface area contributed by atoms with Gasteiger partial charge >= 0.3 is 6.03 Å². The van der Waals surface area contributed by atoms with Gasteiger partial charge in [-0.25, -0.2) is 4.79 Å². The average Bonchev–Trinajstić information content (AvgIpc) is 2.40. The molecular weight excluding hydrogens is 270 g/mol. The molecule has 3 amide bonds. The van der Waals surface area contributed by atoms with Crippen molar-refractivity contribution < 1.29 is 14.3 Å². The van der Waals surface area contributed by atoms with Crippen LogP contribution in [0.5, 0.6) is 5.75 Å². The highest BCUT2D eigenvalue weighted by Gasteiger charge is 2.14. The van der Waals surface area contributed by atoms with E-state index in [4.69, 9.17) is 22.1 Å². The number of carbonyl (C=O) groups excluding carboxylic acids is 2. The number of halogens is 1. The molecule has 0 radical (unpaired) electrons. The third-order valence-electron chi connectivity index (χ3n) is 2.39. The fourth-order valence-corrected chi connectivity index (χ4v) is 1.60. The minimum absolute atomic E-state index is 0.259. The Bertz CT molecular complexity index is 454. The first-order valence-electron chi connectivity index (χ1n) is 5.69.